The number of piperazine rings is 1. The average Bonchev–Trinajstić information content (AvgIpc) is 2.67. The highest BCUT2D eigenvalue weighted by Gasteiger charge is 2.40. The fourth-order valence-corrected chi connectivity index (χ4v) is 4.43. The van der Waals surface area contributed by atoms with E-state index < -0.39 is 0 Å². The summed E-state index contributed by atoms with van der Waals surface area (Å²) in [6.07, 6.45) is 4.15. The van der Waals surface area contributed by atoms with Gasteiger partial charge in [0.15, 0.2) is 0 Å². The van der Waals surface area contributed by atoms with Crippen molar-refractivity contribution in [3.8, 4) is 5.75 Å². The van der Waals surface area contributed by atoms with Gasteiger partial charge in [0.05, 0.1) is 13.0 Å². The lowest BCUT2D eigenvalue weighted by atomic mass is 9.74. The standard InChI is InChI=1S/C21H33N3O2/c1-16(17-7-6-8-18(15-17)26-3)23-11-13-24(14-12-23)20(25)19-9-4-5-10-21(19,2)22/h6-8,15-16,19H,4-5,9-14,22H2,1-3H3. The largest absolute Gasteiger partial charge is 0.497 e. The predicted molar refractivity (Wildman–Crippen MR) is 104 cm³/mol. The summed E-state index contributed by atoms with van der Waals surface area (Å²) in [6, 6.07) is 8.57. The van der Waals surface area contributed by atoms with Crippen LogP contribution in [0.4, 0.5) is 0 Å². The average molecular weight is 360 g/mol. The molecule has 1 saturated carbocycles. The summed E-state index contributed by atoms with van der Waals surface area (Å²) in [5.41, 5.74) is 7.35. The van der Waals surface area contributed by atoms with Crippen LogP contribution in [-0.2, 0) is 4.79 Å². The molecule has 144 valence electrons. The number of carbonyl (C=O) groups is 1. The van der Waals surface area contributed by atoms with E-state index in [1.807, 2.05) is 17.0 Å². The van der Waals surface area contributed by atoms with Crippen molar-refractivity contribution >= 4 is 5.91 Å². The van der Waals surface area contributed by atoms with E-state index in [2.05, 4.69) is 30.9 Å². The molecule has 1 saturated heterocycles. The second kappa shape index (κ2) is 7.97. The molecule has 0 radical (unpaired) electrons. The second-order valence-electron chi connectivity index (χ2n) is 8.12. The minimum absolute atomic E-state index is 0.0152. The molecule has 26 heavy (non-hydrogen) atoms. The quantitative estimate of drug-likeness (QED) is 0.898. The van der Waals surface area contributed by atoms with Crippen LogP contribution in [0.3, 0.4) is 0 Å². The number of methoxy groups -OCH3 is 1. The first-order valence-electron chi connectivity index (χ1n) is 9.88. The van der Waals surface area contributed by atoms with Gasteiger partial charge in [0.2, 0.25) is 5.91 Å². The van der Waals surface area contributed by atoms with Gasteiger partial charge in [-0.3, -0.25) is 9.69 Å². The lowest BCUT2D eigenvalue weighted by Gasteiger charge is -2.43. The van der Waals surface area contributed by atoms with Crippen molar-refractivity contribution in [1.82, 2.24) is 9.80 Å². The Kier molecular flexibility index (Phi) is 5.88. The summed E-state index contributed by atoms with van der Waals surface area (Å²) in [5, 5.41) is 0. The summed E-state index contributed by atoms with van der Waals surface area (Å²) in [6.45, 7) is 7.66. The molecule has 1 heterocycles. The molecule has 0 aromatic heterocycles. The number of nitrogens with zero attached hydrogens (tertiary/aromatic N) is 2. The van der Waals surface area contributed by atoms with Crippen LogP contribution in [0.25, 0.3) is 0 Å². The van der Waals surface area contributed by atoms with E-state index in [4.69, 9.17) is 10.5 Å². The smallest absolute Gasteiger partial charge is 0.227 e. The fraction of sp³-hybridized carbons (Fsp3) is 0.667. The van der Waals surface area contributed by atoms with Gasteiger partial charge in [-0.15, -0.1) is 0 Å². The summed E-state index contributed by atoms with van der Waals surface area (Å²) in [4.78, 5) is 17.5. The Balaban J connectivity index is 1.59. The number of rotatable bonds is 4. The molecule has 3 unspecified atom stereocenters. The number of nitrogens with two attached hydrogens (primary N) is 1. The van der Waals surface area contributed by atoms with Crippen molar-refractivity contribution in [3.63, 3.8) is 0 Å². The minimum Gasteiger partial charge on any atom is -0.497 e. The van der Waals surface area contributed by atoms with Gasteiger partial charge < -0.3 is 15.4 Å². The number of amides is 1. The van der Waals surface area contributed by atoms with Gasteiger partial charge in [0, 0.05) is 37.8 Å². The Morgan fingerprint density at radius 3 is 2.65 bits per heavy atom. The Morgan fingerprint density at radius 2 is 2.00 bits per heavy atom. The van der Waals surface area contributed by atoms with Crippen LogP contribution < -0.4 is 10.5 Å². The number of hydrogen-bond donors (Lipinski definition) is 1. The van der Waals surface area contributed by atoms with Gasteiger partial charge in [-0.25, -0.2) is 0 Å². The molecule has 2 N–H and O–H groups in total. The Bertz CT molecular complexity index is 623. The maximum atomic E-state index is 13.0. The minimum atomic E-state index is -0.347. The van der Waals surface area contributed by atoms with Gasteiger partial charge in [0.1, 0.15) is 5.75 Å². The Morgan fingerprint density at radius 1 is 1.27 bits per heavy atom. The number of benzene rings is 1. The van der Waals surface area contributed by atoms with Crippen molar-refractivity contribution in [2.75, 3.05) is 33.3 Å². The number of hydrogen-bond acceptors (Lipinski definition) is 4. The third kappa shape index (κ3) is 4.04. The third-order valence-electron chi connectivity index (χ3n) is 6.30. The van der Waals surface area contributed by atoms with Crippen LogP contribution in [0.2, 0.25) is 0 Å². The molecule has 2 aliphatic rings. The Hall–Kier alpha value is -1.59. The van der Waals surface area contributed by atoms with E-state index in [9.17, 15) is 4.79 Å². The molecule has 0 spiro atoms. The SMILES string of the molecule is COc1cccc(C(C)N2CCN(C(=O)C3CCCCC3(C)N)CC2)c1. The number of ether oxygens (including phenoxy) is 1. The van der Waals surface area contributed by atoms with Crippen LogP contribution in [0.15, 0.2) is 24.3 Å². The molecule has 1 aliphatic heterocycles. The van der Waals surface area contributed by atoms with Crippen molar-refractivity contribution in [3.05, 3.63) is 29.8 Å². The van der Waals surface area contributed by atoms with Crippen LogP contribution in [0.1, 0.15) is 51.1 Å². The van der Waals surface area contributed by atoms with E-state index in [1.54, 1.807) is 7.11 Å². The second-order valence-corrected chi connectivity index (χ2v) is 8.12. The summed E-state index contributed by atoms with van der Waals surface area (Å²) >= 11 is 0. The molecule has 3 rings (SSSR count). The first-order valence-corrected chi connectivity index (χ1v) is 9.88. The molecule has 1 aromatic rings. The van der Waals surface area contributed by atoms with Crippen molar-refractivity contribution in [2.45, 2.75) is 51.1 Å². The molecular weight excluding hydrogens is 326 g/mol. The molecule has 5 heteroatoms. The van der Waals surface area contributed by atoms with Gasteiger partial charge in [-0.2, -0.15) is 0 Å². The van der Waals surface area contributed by atoms with Gasteiger partial charge in [-0.05, 0) is 44.4 Å². The summed E-state index contributed by atoms with van der Waals surface area (Å²) < 4.78 is 5.34. The Labute approximate surface area is 157 Å². The summed E-state index contributed by atoms with van der Waals surface area (Å²) in [5.74, 6) is 1.14. The van der Waals surface area contributed by atoms with Crippen molar-refractivity contribution in [1.29, 1.82) is 0 Å². The lowest BCUT2D eigenvalue weighted by Crippen LogP contribution is -2.57. The van der Waals surface area contributed by atoms with Gasteiger partial charge >= 0.3 is 0 Å². The van der Waals surface area contributed by atoms with Crippen molar-refractivity contribution < 1.29 is 9.53 Å². The van der Waals surface area contributed by atoms with Crippen LogP contribution in [0.5, 0.6) is 5.75 Å². The molecular formula is C21H33N3O2. The van der Waals surface area contributed by atoms with Gasteiger partial charge in [-0.1, -0.05) is 25.0 Å². The zero-order chi connectivity index (χ0) is 18.7. The molecule has 1 amide bonds. The zero-order valence-corrected chi connectivity index (χ0v) is 16.4. The summed E-state index contributed by atoms with van der Waals surface area (Å²) in [7, 11) is 1.70. The molecule has 1 aliphatic carbocycles. The van der Waals surface area contributed by atoms with Crippen LogP contribution >= 0.6 is 0 Å². The van der Waals surface area contributed by atoms with Crippen LogP contribution in [-0.4, -0.2) is 54.5 Å². The van der Waals surface area contributed by atoms with Crippen LogP contribution in [0, 0.1) is 5.92 Å². The van der Waals surface area contributed by atoms with E-state index >= 15 is 0 Å². The molecule has 2 fully saturated rings. The highest BCUT2D eigenvalue weighted by Crippen LogP contribution is 2.33. The molecule has 3 atom stereocenters. The maximum Gasteiger partial charge on any atom is 0.227 e. The fourth-order valence-electron chi connectivity index (χ4n) is 4.43. The first-order chi connectivity index (χ1) is 12.4. The normalized spacial score (nSPS) is 28.6. The molecule has 1 aromatic carbocycles. The van der Waals surface area contributed by atoms with E-state index in [1.165, 1.54) is 5.56 Å². The lowest BCUT2D eigenvalue weighted by molar-refractivity contribution is -0.141. The van der Waals surface area contributed by atoms with E-state index in [-0.39, 0.29) is 17.4 Å². The third-order valence-corrected chi connectivity index (χ3v) is 6.30. The van der Waals surface area contributed by atoms with E-state index in [0.717, 1.165) is 57.6 Å². The molecule has 0 bridgehead atoms. The van der Waals surface area contributed by atoms with E-state index in [0.29, 0.717) is 6.04 Å². The predicted octanol–water partition coefficient (Wildman–Crippen LogP) is 2.81. The van der Waals surface area contributed by atoms with Gasteiger partial charge in [0.25, 0.3) is 0 Å². The monoisotopic (exact) mass is 359 g/mol. The molecule has 5 nitrogen and oxygen atoms in total. The highest BCUT2D eigenvalue weighted by atomic mass is 16.5. The maximum absolute atomic E-state index is 13.0. The van der Waals surface area contributed by atoms with Crippen molar-refractivity contribution in [2.24, 2.45) is 11.7 Å². The topological polar surface area (TPSA) is 58.8 Å². The first kappa shape index (κ1) is 19.2. The zero-order valence-electron chi connectivity index (χ0n) is 16.4. The number of carbonyl (C=O) groups excluding carboxylic acids is 1. The highest BCUT2D eigenvalue weighted by molar-refractivity contribution is 5.80.